The molecular formula is C10H20O2. The molecule has 1 aliphatic rings. The predicted octanol–water partition coefficient (Wildman–Crippen LogP) is 1.96. The lowest BCUT2D eigenvalue weighted by atomic mass is 9.86. The first-order valence-electron chi connectivity index (χ1n) is 5.04. The van der Waals surface area contributed by atoms with Crippen molar-refractivity contribution in [2.24, 2.45) is 5.92 Å². The highest BCUT2D eigenvalue weighted by molar-refractivity contribution is 4.97. The van der Waals surface area contributed by atoms with Crippen LogP contribution in [0.1, 0.15) is 39.5 Å². The van der Waals surface area contributed by atoms with E-state index < -0.39 is 0 Å². The van der Waals surface area contributed by atoms with E-state index in [0.29, 0.717) is 5.92 Å². The Morgan fingerprint density at radius 2 is 2.17 bits per heavy atom. The van der Waals surface area contributed by atoms with Crippen LogP contribution in [-0.2, 0) is 4.74 Å². The topological polar surface area (TPSA) is 32.8 Å². The first kappa shape index (κ1) is 10.0. The Balaban J connectivity index is 2.34. The molecule has 1 rings (SSSR count). The van der Waals surface area contributed by atoms with Gasteiger partial charge in [-0.25, -0.2) is 0 Å². The fourth-order valence-corrected chi connectivity index (χ4v) is 1.84. The minimum atomic E-state index is -0.135. The van der Waals surface area contributed by atoms with Gasteiger partial charge in [-0.1, -0.05) is 33.1 Å². The maximum atomic E-state index is 9.13. The Morgan fingerprint density at radius 1 is 1.50 bits per heavy atom. The van der Waals surface area contributed by atoms with Gasteiger partial charge in [0.25, 0.3) is 0 Å². The average Bonchev–Trinajstić information content (AvgIpc) is 2.87. The summed E-state index contributed by atoms with van der Waals surface area (Å²) in [5, 5.41) is 9.13. The molecule has 0 unspecified atom stereocenters. The van der Waals surface area contributed by atoms with Crippen molar-refractivity contribution in [3.8, 4) is 0 Å². The van der Waals surface area contributed by atoms with Crippen LogP contribution in [0, 0.1) is 5.92 Å². The molecular weight excluding hydrogens is 152 g/mol. The van der Waals surface area contributed by atoms with E-state index in [1.54, 1.807) is 0 Å². The van der Waals surface area contributed by atoms with Gasteiger partial charge in [0.2, 0.25) is 0 Å². The first-order chi connectivity index (χ1) is 5.79. The fraction of sp³-hybridized carbons (Fsp3) is 1.00. The number of hydrogen-bond acceptors (Lipinski definition) is 2. The second-order valence-corrected chi connectivity index (χ2v) is 3.76. The molecule has 12 heavy (non-hydrogen) atoms. The lowest BCUT2D eigenvalue weighted by molar-refractivity contribution is 0.112. The third-order valence-electron chi connectivity index (χ3n) is 2.93. The Hall–Kier alpha value is -0.0800. The molecule has 0 bridgehead atoms. The molecule has 1 aliphatic heterocycles. The van der Waals surface area contributed by atoms with E-state index in [2.05, 4.69) is 13.8 Å². The van der Waals surface area contributed by atoms with Crippen LogP contribution >= 0.6 is 0 Å². The lowest BCUT2D eigenvalue weighted by Crippen LogP contribution is -2.28. The number of aliphatic hydroxyl groups excluding tert-OH is 1. The zero-order valence-corrected chi connectivity index (χ0v) is 8.18. The van der Waals surface area contributed by atoms with Crippen LogP contribution in [0.3, 0.4) is 0 Å². The van der Waals surface area contributed by atoms with E-state index in [4.69, 9.17) is 9.84 Å². The molecule has 0 spiro atoms. The summed E-state index contributed by atoms with van der Waals surface area (Å²) in [5.74, 6) is 0.572. The summed E-state index contributed by atoms with van der Waals surface area (Å²) in [5.41, 5.74) is -0.135. The monoisotopic (exact) mass is 172 g/mol. The molecule has 1 heterocycles. The maximum absolute atomic E-state index is 9.13. The van der Waals surface area contributed by atoms with Gasteiger partial charge in [0, 0.05) is 0 Å². The molecule has 0 radical (unpaired) electrons. The summed E-state index contributed by atoms with van der Waals surface area (Å²) in [4.78, 5) is 0. The third kappa shape index (κ3) is 1.99. The molecule has 0 aliphatic carbocycles. The van der Waals surface area contributed by atoms with Gasteiger partial charge >= 0.3 is 0 Å². The SMILES string of the molecule is CCCC[C@H](CC)[C@]1(CO)CO1. The molecule has 2 atom stereocenters. The van der Waals surface area contributed by atoms with E-state index in [9.17, 15) is 0 Å². The molecule has 0 saturated carbocycles. The van der Waals surface area contributed by atoms with E-state index in [0.717, 1.165) is 13.0 Å². The zero-order chi connectivity index (χ0) is 9.03. The molecule has 1 fully saturated rings. The first-order valence-corrected chi connectivity index (χ1v) is 5.04. The van der Waals surface area contributed by atoms with Crippen molar-refractivity contribution in [2.75, 3.05) is 13.2 Å². The number of ether oxygens (including phenoxy) is 1. The van der Waals surface area contributed by atoms with Crippen LogP contribution in [0.2, 0.25) is 0 Å². The highest BCUT2D eigenvalue weighted by Gasteiger charge is 2.49. The highest BCUT2D eigenvalue weighted by atomic mass is 16.6. The van der Waals surface area contributed by atoms with Gasteiger partial charge in [-0.3, -0.25) is 0 Å². The van der Waals surface area contributed by atoms with Crippen LogP contribution in [0.15, 0.2) is 0 Å². The third-order valence-corrected chi connectivity index (χ3v) is 2.93. The summed E-state index contributed by atoms with van der Waals surface area (Å²) in [7, 11) is 0. The quantitative estimate of drug-likeness (QED) is 0.621. The standard InChI is InChI=1S/C10H20O2/c1-3-5-6-9(4-2)10(7-11)8-12-10/h9,11H,3-8H2,1-2H3/t9-,10-/m0/s1. The van der Waals surface area contributed by atoms with Crippen molar-refractivity contribution >= 4 is 0 Å². The molecule has 0 aromatic rings. The van der Waals surface area contributed by atoms with Gasteiger partial charge in [0.05, 0.1) is 13.2 Å². The lowest BCUT2D eigenvalue weighted by Gasteiger charge is -2.20. The Morgan fingerprint density at radius 3 is 2.50 bits per heavy atom. The number of unbranched alkanes of at least 4 members (excludes halogenated alkanes) is 1. The summed E-state index contributed by atoms with van der Waals surface area (Å²) >= 11 is 0. The molecule has 72 valence electrons. The molecule has 0 aromatic heterocycles. The Kier molecular flexibility index (Phi) is 3.53. The maximum Gasteiger partial charge on any atom is 0.117 e. The van der Waals surface area contributed by atoms with Crippen molar-refractivity contribution in [2.45, 2.75) is 45.1 Å². The summed E-state index contributed by atoms with van der Waals surface area (Å²) in [6.45, 7) is 5.35. The molecule has 2 heteroatoms. The van der Waals surface area contributed by atoms with Crippen LogP contribution in [-0.4, -0.2) is 23.9 Å². The van der Waals surface area contributed by atoms with Crippen molar-refractivity contribution in [1.29, 1.82) is 0 Å². The fourth-order valence-electron chi connectivity index (χ4n) is 1.84. The summed E-state index contributed by atoms with van der Waals surface area (Å²) in [6, 6.07) is 0. The van der Waals surface area contributed by atoms with Crippen LogP contribution in [0.4, 0.5) is 0 Å². The minimum Gasteiger partial charge on any atom is -0.393 e. The smallest absolute Gasteiger partial charge is 0.117 e. The molecule has 0 aromatic carbocycles. The van der Waals surface area contributed by atoms with Gasteiger partial charge in [-0.05, 0) is 12.3 Å². The van der Waals surface area contributed by atoms with Crippen molar-refractivity contribution in [1.82, 2.24) is 0 Å². The Bertz CT molecular complexity index is 130. The molecule has 1 N–H and O–H groups in total. The highest BCUT2D eigenvalue weighted by Crippen LogP contribution is 2.39. The molecule has 0 amide bonds. The Labute approximate surface area is 74.9 Å². The van der Waals surface area contributed by atoms with Gasteiger partial charge in [-0.15, -0.1) is 0 Å². The van der Waals surface area contributed by atoms with Crippen LogP contribution < -0.4 is 0 Å². The van der Waals surface area contributed by atoms with Crippen molar-refractivity contribution in [3.63, 3.8) is 0 Å². The second kappa shape index (κ2) is 4.24. The molecule has 2 nitrogen and oxygen atoms in total. The van der Waals surface area contributed by atoms with Gasteiger partial charge in [-0.2, -0.15) is 0 Å². The normalized spacial score (nSPS) is 30.2. The molecule has 1 saturated heterocycles. The van der Waals surface area contributed by atoms with E-state index in [1.807, 2.05) is 0 Å². The zero-order valence-electron chi connectivity index (χ0n) is 8.18. The van der Waals surface area contributed by atoms with E-state index in [-0.39, 0.29) is 12.2 Å². The minimum absolute atomic E-state index is 0.135. The van der Waals surface area contributed by atoms with E-state index >= 15 is 0 Å². The summed E-state index contributed by atoms with van der Waals surface area (Å²) in [6.07, 6.45) is 4.82. The number of aliphatic hydroxyl groups is 1. The largest absolute Gasteiger partial charge is 0.393 e. The van der Waals surface area contributed by atoms with Crippen LogP contribution in [0.5, 0.6) is 0 Å². The van der Waals surface area contributed by atoms with Crippen molar-refractivity contribution in [3.05, 3.63) is 0 Å². The van der Waals surface area contributed by atoms with E-state index in [1.165, 1.54) is 19.3 Å². The summed E-state index contributed by atoms with van der Waals surface area (Å²) < 4.78 is 5.35. The number of epoxide rings is 1. The average molecular weight is 172 g/mol. The number of rotatable bonds is 6. The van der Waals surface area contributed by atoms with Crippen LogP contribution in [0.25, 0.3) is 0 Å². The van der Waals surface area contributed by atoms with Crippen molar-refractivity contribution < 1.29 is 9.84 Å². The predicted molar refractivity (Wildman–Crippen MR) is 49.1 cm³/mol. The van der Waals surface area contributed by atoms with Gasteiger partial charge in [0.15, 0.2) is 0 Å². The van der Waals surface area contributed by atoms with Gasteiger partial charge < -0.3 is 9.84 Å². The number of hydrogen-bond donors (Lipinski definition) is 1. The van der Waals surface area contributed by atoms with Gasteiger partial charge in [0.1, 0.15) is 5.60 Å². The second-order valence-electron chi connectivity index (χ2n) is 3.76.